The summed E-state index contributed by atoms with van der Waals surface area (Å²) in [6.45, 7) is 4.71. The summed E-state index contributed by atoms with van der Waals surface area (Å²) in [5, 5.41) is 13.9. The number of allylic oxidation sites excluding steroid dienone is 2. The van der Waals surface area contributed by atoms with Gasteiger partial charge < -0.3 is 28.8 Å². The predicted molar refractivity (Wildman–Crippen MR) is 229 cm³/mol. The first kappa shape index (κ1) is 53.2. The fourth-order valence-electron chi connectivity index (χ4n) is 6.80. The average Bonchev–Trinajstić information content (AvgIpc) is 3.12. The number of amides is 1. The quantitative estimate of drug-likeness (QED) is 0.0276. The van der Waals surface area contributed by atoms with Gasteiger partial charge >= 0.3 is 0 Å². The largest absolute Gasteiger partial charge is 0.756 e. The Morgan fingerprint density at radius 1 is 0.630 bits per heavy atom. The summed E-state index contributed by atoms with van der Waals surface area (Å²) in [6, 6.07) is -0.797. The molecule has 0 aliphatic heterocycles. The Bertz CT molecular complexity index is 896. The molecule has 322 valence electrons. The van der Waals surface area contributed by atoms with Crippen LogP contribution in [0.4, 0.5) is 0 Å². The standard InChI is InChI=1S/C45H91N2O6P/c1-6-8-10-12-14-16-18-19-20-21-22-23-24-25-26-27-28-29-31-33-35-37-39-45(49)46-43(42-53-54(50,51)52-41-40-47(3,4)5)44(48)38-36-34-32-30-17-15-13-11-9-7-2/h24-25,43-44,48H,6-23,26-42H2,1-5H3,(H-,46,49,50,51)/b25-24-. The number of carbonyl (C=O) groups is 1. The van der Waals surface area contributed by atoms with Crippen molar-refractivity contribution in [3.8, 4) is 0 Å². The minimum atomic E-state index is -4.56. The van der Waals surface area contributed by atoms with Gasteiger partial charge in [-0.2, -0.15) is 0 Å². The van der Waals surface area contributed by atoms with Crippen LogP contribution in [-0.2, 0) is 18.4 Å². The summed E-state index contributed by atoms with van der Waals surface area (Å²) in [6.07, 6.45) is 42.2. The van der Waals surface area contributed by atoms with E-state index in [1.165, 1.54) is 154 Å². The Morgan fingerprint density at radius 3 is 1.44 bits per heavy atom. The Balaban J connectivity index is 4.20. The third-order valence-electron chi connectivity index (χ3n) is 10.5. The Kier molecular flexibility index (Phi) is 37.3. The summed E-state index contributed by atoms with van der Waals surface area (Å²) in [5.41, 5.74) is 0. The number of likely N-dealkylation sites (N-methyl/N-ethyl adjacent to an activating group) is 1. The maximum Gasteiger partial charge on any atom is 0.268 e. The van der Waals surface area contributed by atoms with Crippen molar-refractivity contribution in [1.82, 2.24) is 5.32 Å². The van der Waals surface area contributed by atoms with Gasteiger partial charge in [-0.05, 0) is 38.5 Å². The Labute approximate surface area is 335 Å². The molecule has 0 rings (SSSR count). The van der Waals surface area contributed by atoms with Gasteiger partial charge in [0.2, 0.25) is 5.91 Å². The van der Waals surface area contributed by atoms with E-state index < -0.39 is 20.0 Å². The van der Waals surface area contributed by atoms with E-state index in [-0.39, 0.29) is 19.1 Å². The van der Waals surface area contributed by atoms with E-state index in [2.05, 4.69) is 31.3 Å². The van der Waals surface area contributed by atoms with Crippen molar-refractivity contribution < 1.29 is 32.9 Å². The zero-order valence-corrected chi connectivity index (χ0v) is 37.3. The van der Waals surface area contributed by atoms with Crippen molar-refractivity contribution in [3.05, 3.63) is 12.2 Å². The molecular weight excluding hydrogens is 695 g/mol. The van der Waals surface area contributed by atoms with Gasteiger partial charge in [-0.15, -0.1) is 0 Å². The average molecular weight is 787 g/mol. The number of unbranched alkanes of at least 4 members (excludes halogenated alkanes) is 27. The van der Waals surface area contributed by atoms with E-state index in [0.29, 0.717) is 23.9 Å². The van der Waals surface area contributed by atoms with Gasteiger partial charge in [-0.3, -0.25) is 9.36 Å². The monoisotopic (exact) mass is 787 g/mol. The highest BCUT2D eigenvalue weighted by molar-refractivity contribution is 7.45. The molecule has 0 aromatic carbocycles. The molecule has 0 fully saturated rings. The van der Waals surface area contributed by atoms with E-state index >= 15 is 0 Å². The van der Waals surface area contributed by atoms with Crippen LogP contribution < -0.4 is 10.2 Å². The first-order chi connectivity index (χ1) is 26.0. The Hall–Kier alpha value is -0.760. The molecule has 0 aliphatic carbocycles. The summed E-state index contributed by atoms with van der Waals surface area (Å²) in [7, 11) is 1.31. The number of hydrogen-bond donors (Lipinski definition) is 2. The van der Waals surface area contributed by atoms with E-state index in [4.69, 9.17) is 9.05 Å². The summed E-state index contributed by atoms with van der Waals surface area (Å²) >= 11 is 0. The van der Waals surface area contributed by atoms with Crippen LogP contribution >= 0.6 is 7.82 Å². The summed E-state index contributed by atoms with van der Waals surface area (Å²) in [5.74, 6) is -0.169. The number of rotatable bonds is 42. The maximum atomic E-state index is 12.9. The number of hydrogen-bond acceptors (Lipinski definition) is 6. The minimum Gasteiger partial charge on any atom is -0.756 e. The van der Waals surface area contributed by atoms with Crippen LogP contribution in [0.1, 0.15) is 219 Å². The topological polar surface area (TPSA) is 108 Å². The number of aliphatic hydroxyl groups is 1. The lowest BCUT2D eigenvalue weighted by Crippen LogP contribution is -2.46. The van der Waals surface area contributed by atoms with Gasteiger partial charge in [0.15, 0.2) is 0 Å². The molecule has 8 nitrogen and oxygen atoms in total. The van der Waals surface area contributed by atoms with Crippen molar-refractivity contribution in [3.63, 3.8) is 0 Å². The molecule has 1 amide bonds. The molecule has 3 unspecified atom stereocenters. The molecule has 0 aliphatic rings. The number of aliphatic hydroxyl groups excluding tert-OH is 1. The molecule has 3 atom stereocenters. The molecule has 0 saturated carbocycles. The molecule has 9 heteroatoms. The normalized spacial score (nSPS) is 14.4. The molecule has 0 saturated heterocycles. The number of phosphoric ester groups is 1. The van der Waals surface area contributed by atoms with Crippen LogP contribution in [0.5, 0.6) is 0 Å². The van der Waals surface area contributed by atoms with Gasteiger partial charge in [0.1, 0.15) is 13.2 Å². The van der Waals surface area contributed by atoms with Crippen molar-refractivity contribution >= 4 is 13.7 Å². The van der Waals surface area contributed by atoms with Crippen LogP contribution in [0, 0.1) is 0 Å². The van der Waals surface area contributed by atoms with Gasteiger partial charge in [-0.25, -0.2) is 0 Å². The number of quaternary nitrogens is 1. The first-order valence-electron chi connectivity index (χ1n) is 23.0. The predicted octanol–water partition coefficient (Wildman–Crippen LogP) is 12.1. The van der Waals surface area contributed by atoms with Crippen LogP contribution in [0.25, 0.3) is 0 Å². The fraction of sp³-hybridized carbons (Fsp3) is 0.933. The maximum absolute atomic E-state index is 12.9. The zero-order chi connectivity index (χ0) is 40.0. The molecule has 0 spiro atoms. The lowest BCUT2D eigenvalue weighted by molar-refractivity contribution is -0.870. The lowest BCUT2D eigenvalue weighted by Gasteiger charge is -2.30. The molecule has 0 radical (unpaired) electrons. The highest BCUT2D eigenvalue weighted by Crippen LogP contribution is 2.38. The number of nitrogens with one attached hydrogen (secondary N) is 1. The van der Waals surface area contributed by atoms with Crippen LogP contribution in [0.3, 0.4) is 0 Å². The van der Waals surface area contributed by atoms with Gasteiger partial charge in [-0.1, -0.05) is 187 Å². The smallest absolute Gasteiger partial charge is 0.268 e. The molecule has 0 aromatic heterocycles. The molecular formula is C45H91N2O6P. The van der Waals surface area contributed by atoms with E-state index in [0.717, 1.165) is 38.5 Å². The van der Waals surface area contributed by atoms with E-state index in [1.807, 2.05) is 21.1 Å². The zero-order valence-electron chi connectivity index (χ0n) is 36.4. The number of carbonyl (C=O) groups excluding carboxylic acids is 1. The highest BCUT2D eigenvalue weighted by atomic mass is 31.2. The van der Waals surface area contributed by atoms with Gasteiger partial charge in [0.25, 0.3) is 7.82 Å². The number of phosphoric acid groups is 1. The molecule has 2 N–H and O–H groups in total. The second kappa shape index (κ2) is 37.8. The molecule has 0 heterocycles. The van der Waals surface area contributed by atoms with Crippen LogP contribution in [-0.4, -0.2) is 68.5 Å². The minimum absolute atomic E-state index is 0.0129. The molecule has 0 aromatic rings. The van der Waals surface area contributed by atoms with E-state index in [9.17, 15) is 19.4 Å². The van der Waals surface area contributed by atoms with Crippen molar-refractivity contribution in [2.24, 2.45) is 0 Å². The van der Waals surface area contributed by atoms with Crippen molar-refractivity contribution in [2.45, 2.75) is 231 Å². The molecule has 0 bridgehead atoms. The second-order valence-electron chi connectivity index (χ2n) is 17.1. The second-order valence-corrected chi connectivity index (χ2v) is 18.5. The summed E-state index contributed by atoms with van der Waals surface area (Å²) < 4.78 is 23.2. The van der Waals surface area contributed by atoms with Crippen LogP contribution in [0.15, 0.2) is 12.2 Å². The Morgan fingerprint density at radius 2 is 1.02 bits per heavy atom. The van der Waals surface area contributed by atoms with Crippen molar-refractivity contribution in [2.75, 3.05) is 40.9 Å². The van der Waals surface area contributed by atoms with Crippen LogP contribution in [0.2, 0.25) is 0 Å². The highest BCUT2D eigenvalue weighted by Gasteiger charge is 2.24. The SMILES string of the molecule is CCCCCCCCCCCCC/C=C\CCCCCCCCCC(=O)NC(COP(=O)([O-])OCC[N+](C)(C)C)C(O)CCCCCCCCCCCC. The number of nitrogens with zero attached hydrogens (tertiary/aromatic N) is 1. The van der Waals surface area contributed by atoms with Crippen molar-refractivity contribution in [1.29, 1.82) is 0 Å². The molecule has 54 heavy (non-hydrogen) atoms. The lowest BCUT2D eigenvalue weighted by atomic mass is 10.0. The fourth-order valence-corrected chi connectivity index (χ4v) is 7.52. The third kappa shape index (κ3) is 39.5. The van der Waals surface area contributed by atoms with Gasteiger partial charge in [0.05, 0.1) is 39.9 Å². The summed E-state index contributed by atoms with van der Waals surface area (Å²) in [4.78, 5) is 25.3. The van der Waals surface area contributed by atoms with Gasteiger partial charge in [0, 0.05) is 6.42 Å². The first-order valence-corrected chi connectivity index (χ1v) is 24.5. The third-order valence-corrected chi connectivity index (χ3v) is 11.5. The van der Waals surface area contributed by atoms with E-state index in [1.54, 1.807) is 0 Å².